The van der Waals surface area contributed by atoms with Crippen LogP contribution in [0.25, 0.3) is 0 Å². The second kappa shape index (κ2) is 3.67. The Hall–Kier alpha value is 0.103. The molecule has 1 aliphatic rings. The first-order valence-electron chi connectivity index (χ1n) is 3.78. The minimum absolute atomic E-state index is 0. The van der Waals surface area contributed by atoms with Gasteiger partial charge in [-0.2, -0.15) is 5.57 Å². The van der Waals surface area contributed by atoms with E-state index in [0.717, 1.165) is 6.42 Å². The first-order chi connectivity index (χ1) is 4.49. The van der Waals surface area contributed by atoms with Crippen LogP contribution in [-0.4, -0.2) is 0 Å². The summed E-state index contributed by atoms with van der Waals surface area (Å²) in [4.78, 5) is 0. The van der Waals surface area contributed by atoms with E-state index in [-0.39, 0.29) is 24.9 Å². The maximum atomic E-state index is 3.43. The third-order valence-corrected chi connectivity index (χ3v) is 1.72. The smallest absolute Gasteiger partial charge is 0.266 e. The average Bonchev–Trinajstić information content (AvgIpc) is 1.54. The molecule has 1 heteroatoms. The van der Waals surface area contributed by atoms with E-state index in [2.05, 4.69) is 39.8 Å². The van der Waals surface area contributed by atoms with Gasteiger partial charge in [0, 0.05) is 0 Å². The van der Waals surface area contributed by atoms with Crippen molar-refractivity contribution in [2.24, 2.45) is 5.41 Å². The molecule has 0 aromatic rings. The van der Waals surface area contributed by atoms with Crippen molar-refractivity contribution in [3.8, 4) is 0 Å². The molecular weight excluding hydrogens is 221 g/mol. The largest absolute Gasteiger partial charge is 2.00 e. The number of allylic oxidation sites excluding steroid dienone is 4. The van der Waals surface area contributed by atoms with Crippen LogP contribution in [0.4, 0.5) is 0 Å². The summed E-state index contributed by atoms with van der Waals surface area (Å²) in [6, 6.07) is 0. The maximum Gasteiger partial charge on any atom is 2.00 e. The van der Waals surface area contributed by atoms with Crippen molar-refractivity contribution in [1.82, 2.24) is 0 Å². The van der Waals surface area contributed by atoms with Crippen LogP contribution in [0.15, 0.2) is 17.2 Å². The summed E-state index contributed by atoms with van der Waals surface area (Å²) in [5.41, 5.74) is 3.03. The molecule has 0 aromatic heterocycles. The van der Waals surface area contributed by atoms with Crippen molar-refractivity contribution in [1.29, 1.82) is 0 Å². The summed E-state index contributed by atoms with van der Waals surface area (Å²) in [5.74, 6) is 0. The van der Waals surface area contributed by atoms with E-state index >= 15 is 0 Å². The predicted molar refractivity (Wildman–Crippen MR) is 44.6 cm³/mol. The molecule has 0 heterocycles. The van der Waals surface area contributed by atoms with Crippen LogP contribution in [0.1, 0.15) is 34.1 Å². The zero-order valence-corrected chi connectivity index (χ0v) is 9.38. The van der Waals surface area contributed by atoms with Gasteiger partial charge in [-0.3, -0.25) is 6.08 Å². The minimum Gasteiger partial charge on any atom is -0.266 e. The monoisotopic (exact) mass is 237 g/mol. The van der Waals surface area contributed by atoms with E-state index in [1.165, 1.54) is 11.1 Å². The van der Waals surface area contributed by atoms with Crippen LogP contribution >= 0.6 is 0 Å². The van der Waals surface area contributed by atoms with E-state index in [0.29, 0.717) is 0 Å². The van der Waals surface area contributed by atoms with Gasteiger partial charge in [-0.1, -0.05) is 39.5 Å². The standard InChI is InChI=1S/C10H15.Ru/c1-8-5-9(2)7-10(3,4)6-8;/h5H,6H2,1-4H3;/q-1;+2. The topological polar surface area (TPSA) is 0 Å². The second-order valence-electron chi connectivity index (χ2n) is 3.86. The Labute approximate surface area is 82.5 Å². The van der Waals surface area contributed by atoms with Crippen LogP contribution in [0, 0.1) is 11.5 Å². The Morgan fingerprint density at radius 1 is 1.36 bits per heavy atom. The summed E-state index contributed by atoms with van der Waals surface area (Å²) in [6.07, 6.45) is 6.80. The second-order valence-corrected chi connectivity index (χ2v) is 3.86. The van der Waals surface area contributed by atoms with E-state index in [9.17, 15) is 0 Å². The van der Waals surface area contributed by atoms with Gasteiger partial charge in [0.1, 0.15) is 0 Å². The van der Waals surface area contributed by atoms with E-state index in [1.54, 1.807) is 0 Å². The number of rotatable bonds is 0. The van der Waals surface area contributed by atoms with Gasteiger partial charge in [-0.05, 0) is 0 Å². The van der Waals surface area contributed by atoms with E-state index < -0.39 is 0 Å². The molecule has 62 valence electrons. The SMILES string of the molecule is CC1=[C-]C(C)(C)CC(C)=C1.[Ru+2]. The average molecular weight is 236 g/mol. The Morgan fingerprint density at radius 2 is 1.91 bits per heavy atom. The Morgan fingerprint density at radius 3 is 2.27 bits per heavy atom. The predicted octanol–water partition coefficient (Wildman–Crippen LogP) is 3.11. The number of hydrogen-bond donors (Lipinski definition) is 0. The van der Waals surface area contributed by atoms with Gasteiger partial charge in [0.15, 0.2) is 0 Å². The van der Waals surface area contributed by atoms with Crippen LogP contribution in [0.5, 0.6) is 0 Å². The summed E-state index contributed by atoms with van der Waals surface area (Å²) in [5, 5.41) is 0. The molecule has 1 aliphatic carbocycles. The molecule has 0 bridgehead atoms. The third kappa shape index (κ3) is 3.34. The molecular formula is C10H15Ru+. The fourth-order valence-corrected chi connectivity index (χ4v) is 1.73. The van der Waals surface area contributed by atoms with Gasteiger partial charge in [0.25, 0.3) is 0 Å². The molecule has 0 saturated heterocycles. The summed E-state index contributed by atoms with van der Waals surface area (Å²) >= 11 is 0. The molecule has 0 spiro atoms. The van der Waals surface area contributed by atoms with Crippen molar-refractivity contribution in [2.75, 3.05) is 0 Å². The van der Waals surface area contributed by atoms with Crippen molar-refractivity contribution in [2.45, 2.75) is 34.1 Å². The fraction of sp³-hybridized carbons (Fsp3) is 0.600. The quantitative estimate of drug-likeness (QED) is 0.448. The zero-order valence-electron chi connectivity index (χ0n) is 7.64. The van der Waals surface area contributed by atoms with Gasteiger partial charge in [-0.25, -0.2) is 11.6 Å². The molecule has 0 unspecified atom stereocenters. The van der Waals surface area contributed by atoms with E-state index in [4.69, 9.17) is 0 Å². The fourth-order valence-electron chi connectivity index (χ4n) is 1.73. The number of hydrogen-bond acceptors (Lipinski definition) is 0. The molecule has 11 heavy (non-hydrogen) atoms. The maximum absolute atomic E-state index is 3.43. The van der Waals surface area contributed by atoms with Gasteiger partial charge in [0.05, 0.1) is 0 Å². The third-order valence-electron chi connectivity index (χ3n) is 1.72. The molecule has 0 amide bonds. The molecule has 0 saturated carbocycles. The zero-order chi connectivity index (χ0) is 7.78. The van der Waals surface area contributed by atoms with Gasteiger partial charge >= 0.3 is 19.5 Å². The molecule has 0 fully saturated rings. The van der Waals surface area contributed by atoms with Gasteiger partial charge in [-0.15, -0.1) is 0 Å². The normalized spacial score (nSPS) is 21.5. The molecule has 0 nitrogen and oxygen atoms in total. The summed E-state index contributed by atoms with van der Waals surface area (Å²) in [7, 11) is 0. The molecule has 1 rings (SSSR count). The molecule has 0 N–H and O–H groups in total. The van der Waals surface area contributed by atoms with Gasteiger partial charge in [0.2, 0.25) is 0 Å². The van der Waals surface area contributed by atoms with Crippen LogP contribution in [0.2, 0.25) is 0 Å². The van der Waals surface area contributed by atoms with Crippen molar-refractivity contribution in [3.63, 3.8) is 0 Å². The first-order valence-corrected chi connectivity index (χ1v) is 3.78. The van der Waals surface area contributed by atoms with Crippen molar-refractivity contribution < 1.29 is 19.5 Å². The van der Waals surface area contributed by atoms with Crippen molar-refractivity contribution in [3.05, 3.63) is 23.3 Å². The summed E-state index contributed by atoms with van der Waals surface area (Å²) < 4.78 is 0. The summed E-state index contributed by atoms with van der Waals surface area (Å²) in [6.45, 7) is 8.76. The molecule has 0 atom stereocenters. The van der Waals surface area contributed by atoms with Crippen LogP contribution in [-0.2, 0) is 19.5 Å². The van der Waals surface area contributed by atoms with Gasteiger partial charge < -0.3 is 0 Å². The first kappa shape index (κ1) is 11.1. The Balaban J connectivity index is 0.000001000. The Kier molecular flexibility index (Phi) is 3.70. The van der Waals surface area contributed by atoms with E-state index in [1.807, 2.05) is 0 Å². The van der Waals surface area contributed by atoms with Crippen LogP contribution in [0.3, 0.4) is 0 Å². The van der Waals surface area contributed by atoms with Crippen LogP contribution < -0.4 is 0 Å². The molecule has 0 aliphatic heterocycles. The Bertz CT molecular complexity index is 197. The molecule has 0 radical (unpaired) electrons. The van der Waals surface area contributed by atoms with Crippen molar-refractivity contribution >= 4 is 0 Å². The minimum atomic E-state index is 0. The molecule has 0 aromatic carbocycles.